The minimum atomic E-state index is -1.53. The molecule has 0 saturated carbocycles. The van der Waals surface area contributed by atoms with Crippen LogP contribution in [0.1, 0.15) is 19.5 Å². The first-order chi connectivity index (χ1) is 13.3. The fourth-order valence-electron chi connectivity index (χ4n) is 3.18. The Bertz CT molecular complexity index is 884. The van der Waals surface area contributed by atoms with Gasteiger partial charge in [-0.05, 0) is 26.0 Å². The van der Waals surface area contributed by atoms with Gasteiger partial charge in [-0.1, -0.05) is 0 Å². The van der Waals surface area contributed by atoms with E-state index in [4.69, 9.17) is 19.9 Å². The van der Waals surface area contributed by atoms with E-state index in [1.54, 1.807) is 26.0 Å². The van der Waals surface area contributed by atoms with Crippen molar-refractivity contribution < 1.29 is 29.2 Å². The van der Waals surface area contributed by atoms with E-state index in [1.807, 2.05) is 0 Å². The average Bonchev–Trinajstić information content (AvgIpc) is 3.17. The van der Waals surface area contributed by atoms with Gasteiger partial charge in [-0.15, -0.1) is 0 Å². The van der Waals surface area contributed by atoms with Crippen LogP contribution in [0, 0.1) is 0 Å². The first-order valence-corrected chi connectivity index (χ1v) is 8.69. The number of hydrogen-bond donors (Lipinski definition) is 3. The van der Waals surface area contributed by atoms with E-state index in [0.717, 1.165) is 0 Å². The maximum Gasteiger partial charge on any atom is 0.508 e. The van der Waals surface area contributed by atoms with Crippen molar-refractivity contribution in [3.63, 3.8) is 0 Å². The van der Waals surface area contributed by atoms with E-state index in [9.17, 15) is 15.0 Å². The Hall–Kier alpha value is -2.76. The summed E-state index contributed by atoms with van der Waals surface area (Å²) in [4.78, 5) is 19.5. The van der Waals surface area contributed by atoms with Crippen LogP contribution >= 0.6 is 0 Å². The number of aromatic nitrogens is 3. The summed E-state index contributed by atoms with van der Waals surface area (Å²) in [6.07, 6.45) is -2.38. The first-order valence-electron chi connectivity index (χ1n) is 8.69. The number of carbonyl (C=O) groups excluding carboxylic acids is 1. The van der Waals surface area contributed by atoms with Gasteiger partial charge in [0.25, 0.3) is 0 Å². The Morgan fingerprint density at radius 2 is 2.25 bits per heavy atom. The van der Waals surface area contributed by atoms with E-state index >= 15 is 0 Å². The Labute approximate surface area is 160 Å². The standard InChI is InChI=1S/C17H23N5O6/c1-9(2)27-16(25)26-6-11-13(23)14(24)17(28-11,7-19-3)12-5-4-10-15(18)20-8-21-22(10)12/h4-5,7-9,11,13-14,23-24H,6H2,1-3H3,(H2,18,20,21)/b19-7-/t11-,13-,14-,17+/m1/s1. The minimum Gasteiger partial charge on any atom is -0.432 e. The third kappa shape index (κ3) is 3.39. The van der Waals surface area contributed by atoms with E-state index in [2.05, 4.69) is 15.1 Å². The molecule has 2 aromatic heterocycles. The number of nitrogen functional groups attached to an aromatic ring is 1. The van der Waals surface area contributed by atoms with Crippen molar-refractivity contribution in [1.82, 2.24) is 14.6 Å². The molecule has 11 nitrogen and oxygen atoms in total. The van der Waals surface area contributed by atoms with Crippen molar-refractivity contribution in [2.75, 3.05) is 19.4 Å². The minimum absolute atomic E-state index is 0.245. The van der Waals surface area contributed by atoms with Gasteiger partial charge < -0.3 is 30.2 Å². The molecule has 4 N–H and O–H groups in total. The van der Waals surface area contributed by atoms with Gasteiger partial charge in [0.2, 0.25) is 0 Å². The molecule has 0 aromatic carbocycles. The fraction of sp³-hybridized carbons (Fsp3) is 0.529. The molecular formula is C17H23N5O6. The second kappa shape index (κ2) is 7.70. The molecule has 0 aliphatic carbocycles. The van der Waals surface area contributed by atoms with Crippen LogP contribution in [0.3, 0.4) is 0 Å². The van der Waals surface area contributed by atoms with Gasteiger partial charge >= 0.3 is 6.16 Å². The third-order valence-electron chi connectivity index (χ3n) is 4.39. The molecular weight excluding hydrogens is 370 g/mol. The van der Waals surface area contributed by atoms with Crippen molar-refractivity contribution >= 4 is 23.7 Å². The largest absolute Gasteiger partial charge is 0.508 e. The molecule has 152 valence electrons. The lowest BCUT2D eigenvalue weighted by atomic mass is 9.92. The lowest BCUT2D eigenvalue weighted by Gasteiger charge is -2.27. The molecule has 3 heterocycles. The maximum atomic E-state index is 11.6. The summed E-state index contributed by atoms with van der Waals surface area (Å²) in [5.74, 6) is 0.245. The Morgan fingerprint density at radius 3 is 2.93 bits per heavy atom. The highest BCUT2D eigenvalue weighted by Gasteiger charge is 2.56. The normalized spacial score (nSPS) is 27.7. The number of ether oxygens (including phenoxy) is 3. The number of fused-ring (bicyclic) bond motifs is 1. The van der Waals surface area contributed by atoms with E-state index in [0.29, 0.717) is 11.2 Å². The molecule has 1 saturated heterocycles. The highest BCUT2D eigenvalue weighted by atomic mass is 16.7. The SMILES string of the molecule is C/N=C\[C@@]1(c2ccc3c(N)ncnn23)O[C@H](COC(=O)OC(C)C)[C@@H](O)[C@H]1O. The molecule has 0 spiro atoms. The molecule has 1 aliphatic heterocycles. The topological polar surface area (TPSA) is 154 Å². The number of aliphatic imine (C=N–C) groups is 1. The van der Waals surface area contributed by atoms with Crippen LogP contribution in [0.4, 0.5) is 10.6 Å². The summed E-state index contributed by atoms with van der Waals surface area (Å²) < 4.78 is 17.3. The lowest BCUT2D eigenvalue weighted by Crippen LogP contribution is -2.43. The second-order valence-electron chi connectivity index (χ2n) is 6.66. The van der Waals surface area contributed by atoms with Gasteiger partial charge in [-0.2, -0.15) is 5.10 Å². The number of aliphatic hydroxyl groups is 2. The Balaban J connectivity index is 1.92. The number of nitrogens with zero attached hydrogens (tertiary/aromatic N) is 4. The highest BCUT2D eigenvalue weighted by molar-refractivity contribution is 5.75. The second-order valence-corrected chi connectivity index (χ2v) is 6.66. The van der Waals surface area contributed by atoms with Crippen molar-refractivity contribution in [3.8, 4) is 0 Å². The highest BCUT2D eigenvalue weighted by Crippen LogP contribution is 2.39. The van der Waals surface area contributed by atoms with Crippen molar-refractivity contribution in [2.45, 2.75) is 43.9 Å². The molecule has 0 amide bonds. The number of carbonyl (C=O) groups is 1. The summed E-state index contributed by atoms with van der Waals surface area (Å²) in [7, 11) is 1.51. The van der Waals surface area contributed by atoms with Gasteiger partial charge in [-0.25, -0.2) is 14.3 Å². The molecule has 4 atom stereocenters. The van der Waals surface area contributed by atoms with Crippen molar-refractivity contribution in [2.24, 2.45) is 4.99 Å². The van der Waals surface area contributed by atoms with Crippen LogP contribution in [0.25, 0.3) is 5.52 Å². The number of rotatable bonds is 5. The predicted octanol–water partition coefficient (Wildman–Crippen LogP) is -0.110. The first kappa shape index (κ1) is 20.0. The molecule has 28 heavy (non-hydrogen) atoms. The van der Waals surface area contributed by atoms with Gasteiger partial charge in [0, 0.05) is 13.3 Å². The van der Waals surface area contributed by atoms with Crippen LogP contribution in [0.2, 0.25) is 0 Å². The number of aliphatic hydroxyl groups excluding tert-OH is 2. The Kier molecular flexibility index (Phi) is 5.49. The molecule has 1 fully saturated rings. The smallest absolute Gasteiger partial charge is 0.432 e. The van der Waals surface area contributed by atoms with Crippen LogP contribution in [0.15, 0.2) is 23.5 Å². The summed E-state index contributed by atoms with van der Waals surface area (Å²) >= 11 is 0. The molecule has 0 bridgehead atoms. The summed E-state index contributed by atoms with van der Waals surface area (Å²) in [6, 6.07) is 3.32. The molecule has 3 rings (SSSR count). The predicted molar refractivity (Wildman–Crippen MR) is 97.9 cm³/mol. The number of anilines is 1. The molecule has 0 unspecified atom stereocenters. The van der Waals surface area contributed by atoms with Gasteiger partial charge in [0.05, 0.1) is 11.8 Å². The van der Waals surface area contributed by atoms with Gasteiger partial charge in [-0.3, -0.25) is 4.99 Å². The van der Waals surface area contributed by atoms with Crippen LogP contribution in [0.5, 0.6) is 0 Å². The van der Waals surface area contributed by atoms with E-state index in [-0.39, 0.29) is 18.5 Å². The molecule has 2 aromatic rings. The molecule has 11 heteroatoms. The maximum absolute atomic E-state index is 11.6. The average molecular weight is 393 g/mol. The Morgan fingerprint density at radius 1 is 1.50 bits per heavy atom. The monoisotopic (exact) mass is 393 g/mol. The van der Waals surface area contributed by atoms with Crippen LogP contribution < -0.4 is 5.73 Å². The number of nitrogens with two attached hydrogens (primary N) is 1. The zero-order chi connectivity index (χ0) is 20.5. The quantitative estimate of drug-likeness (QED) is 0.466. The van der Waals surface area contributed by atoms with Crippen molar-refractivity contribution in [1.29, 1.82) is 0 Å². The fourth-order valence-corrected chi connectivity index (χ4v) is 3.18. The van der Waals surface area contributed by atoms with Gasteiger partial charge in [0.1, 0.15) is 36.8 Å². The summed E-state index contributed by atoms with van der Waals surface area (Å²) in [5, 5.41) is 25.5. The van der Waals surface area contributed by atoms with Crippen molar-refractivity contribution in [3.05, 3.63) is 24.2 Å². The molecule has 0 radical (unpaired) electrons. The lowest BCUT2D eigenvalue weighted by molar-refractivity contribution is -0.0655. The number of hydrogen-bond acceptors (Lipinski definition) is 10. The zero-order valence-corrected chi connectivity index (χ0v) is 15.7. The summed E-state index contributed by atoms with van der Waals surface area (Å²) in [6.45, 7) is 3.05. The third-order valence-corrected chi connectivity index (χ3v) is 4.39. The van der Waals surface area contributed by atoms with Crippen LogP contribution in [-0.2, 0) is 19.8 Å². The summed E-state index contributed by atoms with van der Waals surface area (Å²) in [5.41, 5.74) is 5.23. The van der Waals surface area contributed by atoms with Gasteiger partial charge in [0.15, 0.2) is 11.4 Å². The van der Waals surface area contributed by atoms with Crippen LogP contribution in [-0.4, -0.2) is 75.3 Å². The van der Waals surface area contributed by atoms with E-state index in [1.165, 1.54) is 24.1 Å². The zero-order valence-electron chi connectivity index (χ0n) is 15.7. The molecule has 1 aliphatic rings. The van der Waals surface area contributed by atoms with E-state index < -0.39 is 30.1 Å².